The first-order valence-corrected chi connectivity index (χ1v) is 10.6. The summed E-state index contributed by atoms with van der Waals surface area (Å²) >= 11 is 0. The van der Waals surface area contributed by atoms with Crippen LogP contribution < -0.4 is 4.31 Å². The molecule has 0 atom stereocenters. The van der Waals surface area contributed by atoms with Gasteiger partial charge in [-0.05, 0) is 37.6 Å². The zero-order valence-electron chi connectivity index (χ0n) is 16.4. The molecule has 0 unspecified atom stereocenters. The predicted octanol–water partition coefficient (Wildman–Crippen LogP) is 5.70. The fraction of sp³-hybridized carbons (Fsp3) is 0.130. The molecule has 0 aliphatic heterocycles. The Morgan fingerprint density at radius 1 is 0.897 bits per heavy atom. The summed E-state index contributed by atoms with van der Waals surface area (Å²) in [6, 6.07) is 21.2. The van der Waals surface area contributed by atoms with Gasteiger partial charge in [0.05, 0.1) is 11.4 Å². The van der Waals surface area contributed by atoms with Gasteiger partial charge in [-0.1, -0.05) is 71.8 Å². The van der Waals surface area contributed by atoms with E-state index in [-0.39, 0.29) is 17.1 Å². The van der Waals surface area contributed by atoms with Crippen molar-refractivity contribution in [1.29, 1.82) is 5.39 Å². The smallest absolute Gasteiger partial charge is 0.254 e. The van der Waals surface area contributed by atoms with Crippen molar-refractivity contribution >= 4 is 27.5 Å². The summed E-state index contributed by atoms with van der Waals surface area (Å²) in [6.45, 7) is 4.01. The van der Waals surface area contributed by atoms with Crippen LogP contribution in [-0.4, -0.2) is 15.0 Å². The van der Waals surface area contributed by atoms with Crippen molar-refractivity contribution in [1.82, 2.24) is 0 Å². The molecule has 0 N–H and O–H groups in total. The highest BCUT2D eigenvalue weighted by Gasteiger charge is 2.29. The number of diazo groups is 1. The van der Waals surface area contributed by atoms with Gasteiger partial charge in [-0.3, -0.25) is 4.31 Å². The van der Waals surface area contributed by atoms with Crippen LogP contribution in [0, 0.1) is 19.2 Å². The first kappa shape index (κ1) is 20.3. The van der Waals surface area contributed by atoms with E-state index in [4.69, 9.17) is 0 Å². The van der Waals surface area contributed by atoms with Gasteiger partial charge in [-0.2, -0.15) is 0 Å². The van der Waals surface area contributed by atoms with Crippen LogP contribution in [0.2, 0.25) is 0 Å². The minimum Gasteiger partial charge on any atom is -0.254 e. The molecular weight excluding hydrogens is 382 g/mol. The average Bonchev–Trinajstić information content (AvgIpc) is 2.73. The number of aryl methyl sites for hydroxylation is 2. The average molecular weight is 405 g/mol. The predicted molar refractivity (Wildman–Crippen MR) is 117 cm³/mol. The van der Waals surface area contributed by atoms with Crippen molar-refractivity contribution in [2.24, 2.45) is 0 Å². The molecule has 0 amide bonds. The number of para-hydroxylation sites is 1. The highest BCUT2D eigenvalue weighted by Crippen LogP contribution is 2.32. The summed E-state index contributed by atoms with van der Waals surface area (Å²) in [6.07, 6.45) is 3.65. The third-order valence-electron chi connectivity index (χ3n) is 4.53. The van der Waals surface area contributed by atoms with E-state index in [1.807, 2.05) is 44.2 Å². The van der Waals surface area contributed by atoms with Crippen LogP contribution in [0.5, 0.6) is 0 Å². The third-order valence-corrected chi connectivity index (χ3v) is 6.32. The fourth-order valence-electron chi connectivity index (χ4n) is 2.89. The van der Waals surface area contributed by atoms with Gasteiger partial charge in [0.15, 0.2) is 4.98 Å². The molecule has 0 heterocycles. The van der Waals surface area contributed by atoms with Gasteiger partial charge in [-0.15, -0.1) is 0 Å². The molecule has 0 aromatic heterocycles. The first-order chi connectivity index (χ1) is 13.9. The van der Waals surface area contributed by atoms with Crippen molar-refractivity contribution in [3.63, 3.8) is 0 Å². The zero-order chi connectivity index (χ0) is 20.9. The third kappa shape index (κ3) is 4.71. The van der Waals surface area contributed by atoms with E-state index < -0.39 is 10.0 Å². The Morgan fingerprint density at radius 2 is 1.48 bits per heavy atom. The molecule has 0 fully saturated rings. The Bertz CT molecular complexity index is 1160. The maximum absolute atomic E-state index is 13.4. The highest BCUT2D eigenvalue weighted by molar-refractivity contribution is 7.92. The summed E-state index contributed by atoms with van der Waals surface area (Å²) in [4.78, 5) is 3.44. The van der Waals surface area contributed by atoms with Crippen LogP contribution in [0.1, 0.15) is 16.7 Å². The largest absolute Gasteiger partial charge is 0.409 e. The summed E-state index contributed by atoms with van der Waals surface area (Å²) in [5, 5.41) is 9.35. The van der Waals surface area contributed by atoms with E-state index in [0.29, 0.717) is 5.69 Å². The molecular formula is C23H22N3O2S+. The molecule has 146 valence electrons. The molecule has 3 rings (SSSR count). The van der Waals surface area contributed by atoms with Crippen LogP contribution >= 0.6 is 0 Å². The van der Waals surface area contributed by atoms with Crippen LogP contribution in [0.15, 0.2) is 83.8 Å². The molecule has 0 bridgehead atoms. The van der Waals surface area contributed by atoms with Crippen LogP contribution in [0.25, 0.3) is 11.1 Å². The monoisotopic (exact) mass is 404 g/mol. The van der Waals surface area contributed by atoms with Gasteiger partial charge in [0.25, 0.3) is 10.0 Å². The quantitative estimate of drug-likeness (QED) is 0.495. The summed E-state index contributed by atoms with van der Waals surface area (Å²) in [7, 11) is -3.85. The molecule has 5 nitrogen and oxygen atoms in total. The van der Waals surface area contributed by atoms with Gasteiger partial charge < -0.3 is 0 Å². The molecule has 0 saturated carbocycles. The number of rotatable bonds is 6. The number of anilines is 1. The molecule has 29 heavy (non-hydrogen) atoms. The molecule has 6 heteroatoms. The van der Waals surface area contributed by atoms with Gasteiger partial charge >= 0.3 is 5.69 Å². The second kappa shape index (κ2) is 8.72. The first-order valence-electron chi connectivity index (χ1n) is 9.18. The standard InChI is InChI=1S/C23H22N3O2S/c1-18-9-13-20(14-10-18)6-5-17-26(23-8-4-3-7-22(23)25-24)29(27,28)21-15-11-19(2)12-16-21/h3-16H,17H2,1-2H3/q+1/b6-5+. The van der Waals surface area contributed by atoms with Crippen molar-refractivity contribution in [2.75, 3.05) is 10.8 Å². The lowest BCUT2D eigenvalue weighted by atomic mass is 10.1. The van der Waals surface area contributed by atoms with E-state index in [2.05, 4.69) is 4.98 Å². The summed E-state index contributed by atoms with van der Waals surface area (Å²) < 4.78 is 28.0. The number of hydrogen-bond donors (Lipinski definition) is 0. The van der Waals surface area contributed by atoms with Crippen molar-refractivity contribution in [3.8, 4) is 0 Å². The lowest BCUT2D eigenvalue weighted by molar-refractivity contribution is 0.593. The van der Waals surface area contributed by atoms with E-state index in [1.165, 1.54) is 4.31 Å². The zero-order valence-corrected chi connectivity index (χ0v) is 17.2. The van der Waals surface area contributed by atoms with Gasteiger partial charge in [-0.25, -0.2) is 8.42 Å². The van der Waals surface area contributed by atoms with Crippen molar-refractivity contribution in [3.05, 3.63) is 101 Å². The molecule has 0 radical (unpaired) electrons. The second-order valence-corrected chi connectivity index (χ2v) is 8.61. The van der Waals surface area contributed by atoms with Gasteiger partial charge in [0, 0.05) is 6.07 Å². The Balaban J connectivity index is 2.01. The lowest BCUT2D eigenvalue weighted by Crippen LogP contribution is -2.31. The van der Waals surface area contributed by atoms with E-state index >= 15 is 0 Å². The fourth-order valence-corrected chi connectivity index (χ4v) is 4.32. The Kier molecular flexibility index (Phi) is 6.10. The molecule has 0 spiro atoms. The number of benzene rings is 3. The van der Waals surface area contributed by atoms with Gasteiger partial charge in [0.2, 0.25) is 5.39 Å². The van der Waals surface area contributed by atoms with Gasteiger partial charge in [0.1, 0.15) is 5.69 Å². The maximum atomic E-state index is 13.4. The van der Waals surface area contributed by atoms with Crippen molar-refractivity contribution in [2.45, 2.75) is 18.7 Å². The number of nitrogens with zero attached hydrogens (tertiary/aromatic N) is 3. The Labute approximate surface area is 171 Å². The van der Waals surface area contributed by atoms with Crippen LogP contribution in [0.3, 0.4) is 0 Å². The minimum absolute atomic E-state index is 0.0939. The highest BCUT2D eigenvalue weighted by atomic mass is 32.2. The maximum Gasteiger partial charge on any atom is 0.409 e. The second-order valence-electron chi connectivity index (χ2n) is 6.75. The normalized spacial score (nSPS) is 11.3. The minimum atomic E-state index is -3.85. The van der Waals surface area contributed by atoms with E-state index in [1.54, 1.807) is 54.6 Å². The van der Waals surface area contributed by atoms with E-state index in [9.17, 15) is 13.8 Å². The molecule has 3 aromatic rings. The van der Waals surface area contributed by atoms with Crippen LogP contribution in [0.4, 0.5) is 11.4 Å². The Morgan fingerprint density at radius 3 is 2.10 bits per heavy atom. The topological polar surface area (TPSA) is 65.5 Å². The number of sulfonamides is 1. The molecule has 0 aliphatic rings. The lowest BCUT2D eigenvalue weighted by Gasteiger charge is -2.21. The molecule has 0 saturated heterocycles. The number of hydrogen-bond acceptors (Lipinski definition) is 3. The SMILES string of the molecule is Cc1ccc(/C=C/CN(c2ccccc2[N+]#N)S(=O)(=O)c2ccc(C)cc2)cc1. The molecule has 0 aliphatic carbocycles. The van der Waals surface area contributed by atoms with Crippen molar-refractivity contribution < 1.29 is 8.42 Å². The Hall–Kier alpha value is -3.43. The van der Waals surface area contributed by atoms with E-state index in [0.717, 1.165) is 16.7 Å². The summed E-state index contributed by atoms with van der Waals surface area (Å²) in [5.74, 6) is 0. The van der Waals surface area contributed by atoms with Crippen LogP contribution in [-0.2, 0) is 10.0 Å². The molecule has 3 aromatic carbocycles. The summed E-state index contributed by atoms with van der Waals surface area (Å²) in [5.41, 5.74) is 3.60.